The lowest BCUT2D eigenvalue weighted by Gasteiger charge is -2.27. The highest BCUT2D eigenvalue weighted by Gasteiger charge is 2.25. The van der Waals surface area contributed by atoms with Crippen molar-refractivity contribution in [3.05, 3.63) is 35.4 Å². The van der Waals surface area contributed by atoms with Gasteiger partial charge in [-0.15, -0.1) is 0 Å². The van der Waals surface area contributed by atoms with Gasteiger partial charge in [-0.05, 0) is 43.7 Å². The molecule has 110 valence electrons. The zero-order valence-corrected chi connectivity index (χ0v) is 12.4. The van der Waals surface area contributed by atoms with E-state index in [-0.39, 0.29) is 5.91 Å². The summed E-state index contributed by atoms with van der Waals surface area (Å²) in [5.41, 5.74) is 4.50. The Morgan fingerprint density at radius 3 is 2.55 bits per heavy atom. The second-order valence-corrected chi connectivity index (χ2v) is 5.98. The smallest absolute Gasteiger partial charge is 0.238 e. The van der Waals surface area contributed by atoms with Crippen LogP contribution in [0.5, 0.6) is 0 Å². The summed E-state index contributed by atoms with van der Waals surface area (Å²) in [4.78, 5) is 14.0. The van der Waals surface area contributed by atoms with Crippen LogP contribution in [0, 0.1) is 5.92 Å². The Morgan fingerprint density at radius 1 is 1.35 bits per heavy atom. The quantitative estimate of drug-likeness (QED) is 0.453. The van der Waals surface area contributed by atoms with Gasteiger partial charge in [0.2, 0.25) is 5.91 Å². The van der Waals surface area contributed by atoms with Crippen molar-refractivity contribution in [2.75, 3.05) is 6.54 Å². The van der Waals surface area contributed by atoms with Crippen molar-refractivity contribution in [1.29, 1.82) is 0 Å². The molecule has 1 aromatic rings. The lowest BCUT2D eigenvalue weighted by Crippen LogP contribution is -2.34. The summed E-state index contributed by atoms with van der Waals surface area (Å²) in [6, 6.07) is 8.66. The Morgan fingerprint density at radius 2 is 2.00 bits per heavy atom. The van der Waals surface area contributed by atoms with Crippen molar-refractivity contribution >= 4 is 5.91 Å². The SMILES string of the molecule is CC(C)N(Cc1ccccc1CC(=O)NN)CC1CC1. The predicted molar refractivity (Wildman–Crippen MR) is 80.7 cm³/mol. The summed E-state index contributed by atoms with van der Waals surface area (Å²) in [6.45, 7) is 6.53. The third-order valence-electron chi connectivity index (χ3n) is 3.92. The van der Waals surface area contributed by atoms with Crippen LogP contribution in [-0.2, 0) is 17.8 Å². The van der Waals surface area contributed by atoms with Crippen LogP contribution in [0.25, 0.3) is 0 Å². The average molecular weight is 275 g/mol. The largest absolute Gasteiger partial charge is 0.296 e. The summed E-state index contributed by atoms with van der Waals surface area (Å²) in [6.07, 6.45) is 3.07. The molecule has 2 rings (SSSR count). The van der Waals surface area contributed by atoms with E-state index in [9.17, 15) is 4.79 Å². The Balaban J connectivity index is 2.07. The van der Waals surface area contributed by atoms with E-state index in [1.165, 1.54) is 18.4 Å². The van der Waals surface area contributed by atoms with Crippen molar-refractivity contribution in [2.24, 2.45) is 11.8 Å². The number of rotatable bonds is 7. The Labute approximate surface area is 121 Å². The van der Waals surface area contributed by atoms with Gasteiger partial charge in [0, 0.05) is 19.1 Å². The fraction of sp³-hybridized carbons (Fsp3) is 0.562. The van der Waals surface area contributed by atoms with Crippen LogP contribution in [0.3, 0.4) is 0 Å². The van der Waals surface area contributed by atoms with Crippen molar-refractivity contribution in [2.45, 2.75) is 45.7 Å². The molecule has 0 radical (unpaired) electrons. The van der Waals surface area contributed by atoms with Gasteiger partial charge < -0.3 is 0 Å². The molecule has 0 spiro atoms. The van der Waals surface area contributed by atoms with Crippen LogP contribution < -0.4 is 11.3 Å². The van der Waals surface area contributed by atoms with E-state index < -0.39 is 0 Å². The van der Waals surface area contributed by atoms with E-state index in [2.05, 4.69) is 30.2 Å². The third-order valence-corrected chi connectivity index (χ3v) is 3.92. The number of hydrogen-bond acceptors (Lipinski definition) is 3. The van der Waals surface area contributed by atoms with Gasteiger partial charge in [-0.2, -0.15) is 0 Å². The number of benzene rings is 1. The number of carbonyl (C=O) groups excluding carboxylic acids is 1. The first kappa shape index (κ1) is 15.0. The minimum atomic E-state index is -0.143. The van der Waals surface area contributed by atoms with Crippen molar-refractivity contribution in [1.82, 2.24) is 10.3 Å². The number of carbonyl (C=O) groups is 1. The molecule has 20 heavy (non-hydrogen) atoms. The molecule has 1 fully saturated rings. The maximum absolute atomic E-state index is 11.5. The predicted octanol–water partition coefficient (Wildman–Crippen LogP) is 1.84. The summed E-state index contributed by atoms with van der Waals surface area (Å²) in [5, 5.41) is 0. The van der Waals surface area contributed by atoms with Gasteiger partial charge in [0.05, 0.1) is 6.42 Å². The molecule has 1 aromatic carbocycles. The normalized spacial score (nSPS) is 14.8. The van der Waals surface area contributed by atoms with Crippen molar-refractivity contribution in [3.8, 4) is 0 Å². The van der Waals surface area contributed by atoms with E-state index in [1.807, 2.05) is 18.2 Å². The molecule has 1 saturated carbocycles. The van der Waals surface area contributed by atoms with E-state index in [1.54, 1.807) is 0 Å². The number of amides is 1. The minimum Gasteiger partial charge on any atom is -0.296 e. The number of nitrogens with one attached hydrogen (secondary N) is 1. The van der Waals surface area contributed by atoms with Crippen molar-refractivity contribution in [3.63, 3.8) is 0 Å². The zero-order chi connectivity index (χ0) is 14.5. The van der Waals surface area contributed by atoms with Gasteiger partial charge in [-0.25, -0.2) is 5.84 Å². The molecule has 0 unspecified atom stereocenters. The van der Waals surface area contributed by atoms with Gasteiger partial charge >= 0.3 is 0 Å². The molecule has 1 aliphatic rings. The molecular weight excluding hydrogens is 250 g/mol. The zero-order valence-electron chi connectivity index (χ0n) is 12.4. The Kier molecular flexibility index (Phi) is 5.15. The summed E-state index contributed by atoms with van der Waals surface area (Å²) < 4.78 is 0. The molecule has 3 N–H and O–H groups in total. The number of hydrogen-bond donors (Lipinski definition) is 2. The molecule has 0 atom stereocenters. The first-order valence-electron chi connectivity index (χ1n) is 7.40. The van der Waals surface area contributed by atoms with Crippen LogP contribution in [0.4, 0.5) is 0 Å². The molecule has 0 aromatic heterocycles. The fourth-order valence-electron chi connectivity index (χ4n) is 2.42. The van der Waals surface area contributed by atoms with Crippen LogP contribution in [0.1, 0.15) is 37.8 Å². The van der Waals surface area contributed by atoms with Gasteiger partial charge in [0.15, 0.2) is 0 Å². The number of nitrogens with zero attached hydrogens (tertiary/aromatic N) is 1. The van der Waals surface area contributed by atoms with Gasteiger partial charge in [-0.1, -0.05) is 24.3 Å². The first-order valence-corrected chi connectivity index (χ1v) is 7.40. The molecule has 0 heterocycles. The fourth-order valence-corrected chi connectivity index (χ4v) is 2.42. The molecule has 1 amide bonds. The maximum Gasteiger partial charge on any atom is 0.238 e. The molecule has 0 bridgehead atoms. The van der Waals surface area contributed by atoms with Crippen molar-refractivity contribution < 1.29 is 4.79 Å². The van der Waals surface area contributed by atoms with Crippen LogP contribution in [0.2, 0.25) is 0 Å². The highest BCUT2D eigenvalue weighted by atomic mass is 16.2. The second-order valence-electron chi connectivity index (χ2n) is 5.98. The average Bonchev–Trinajstić information content (AvgIpc) is 3.23. The van der Waals surface area contributed by atoms with Crippen LogP contribution >= 0.6 is 0 Å². The first-order chi connectivity index (χ1) is 9.60. The van der Waals surface area contributed by atoms with E-state index in [0.29, 0.717) is 12.5 Å². The van der Waals surface area contributed by atoms with Gasteiger partial charge in [0.25, 0.3) is 0 Å². The standard InChI is InChI=1S/C16H25N3O/c1-12(2)19(10-13-7-8-13)11-15-6-4-3-5-14(15)9-16(20)18-17/h3-6,12-13H,7-11,17H2,1-2H3,(H,18,20). The molecular formula is C16H25N3O. The molecule has 4 heteroatoms. The lowest BCUT2D eigenvalue weighted by molar-refractivity contribution is -0.120. The molecule has 0 aliphatic heterocycles. The monoisotopic (exact) mass is 275 g/mol. The summed E-state index contributed by atoms with van der Waals surface area (Å²) >= 11 is 0. The number of nitrogens with two attached hydrogens (primary N) is 1. The minimum absolute atomic E-state index is 0.143. The topological polar surface area (TPSA) is 58.4 Å². The van der Waals surface area contributed by atoms with Gasteiger partial charge in [-0.3, -0.25) is 15.1 Å². The van der Waals surface area contributed by atoms with Gasteiger partial charge in [0.1, 0.15) is 0 Å². The summed E-state index contributed by atoms with van der Waals surface area (Å²) in [7, 11) is 0. The highest BCUT2D eigenvalue weighted by Crippen LogP contribution is 2.31. The molecule has 0 saturated heterocycles. The Bertz CT molecular complexity index is 455. The Hall–Kier alpha value is -1.39. The maximum atomic E-state index is 11.5. The third kappa shape index (κ3) is 4.32. The van der Waals surface area contributed by atoms with E-state index >= 15 is 0 Å². The molecule has 1 aliphatic carbocycles. The lowest BCUT2D eigenvalue weighted by atomic mass is 10.0. The number of hydrazine groups is 1. The van der Waals surface area contributed by atoms with E-state index in [0.717, 1.165) is 24.6 Å². The van der Waals surface area contributed by atoms with Crippen LogP contribution in [-0.4, -0.2) is 23.4 Å². The van der Waals surface area contributed by atoms with E-state index in [4.69, 9.17) is 5.84 Å². The highest BCUT2D eigenvalue weighted by molar-refractivity contribution is 5.78. The molecule has 4 nitrogen and oxygen atoms in total. The summed E-state index contributed by atoms with van der Waals surface area (Å²) in [5.74, 6) is 5.91. The second kappa shape index (κ2) is 6.86. The van der Waals surface area contributed by atoms with Crippen LogP contribution in [0.15, 0.2) is 24.3 Å².